The Balaban J connectivity index is 1.60. The Morgan fingerprint density at radius 1 is 1.26 bits per heavy atom. The molecule has 1 saturated heterocycles. The van der Waals surface area contributed by atoms with Crippen molar-refractivity contribution >= 4 is 23.4 Å². The van der Waals surface area contributed by atoms with Crippen LogP contribution in [0.3, 0.4) is 0 Å². The van der Waals surface area contributed by atoms with Gasteiger partial charge in [-0.05, 0) is 39.1 Å². The maximum atomic E-state index is 14.1. The second-order valence-corrected chi connectivity index (χ2v) is 11.3. The van der Waals surface area contributed by atoms with Crippen molar-refractivity contribution in [1.82, 2.24) is 20.5 Å². The van der Waals surface area contributed by atoms with E-state index in [4.69, 9.17) is 10.5 Å². The number of hydrogen-bond donors (Lipinski definition) is 3. The fraction of sp³-hybridized carbons (Fsp3) is 0.500. The Kier molecular flexibility index (Phi) is 8.97. The summed E-state index contributed by atoms with van der Waals surface area (Å²) in [4.78, 5) is 41.7. The van der Waals surface area contributed by atoms with E-state index in [1.807, 2.05) is 0 Å². The molecule has 0 saturated carbocycles. The fourth-order valence-corrected chi connectivity index (χ4v) is 5.06. The molecule has 3 aliphatic heterocycles. The average molecular weight is 613 g/mol. The van der Waals surface area contributed by atoms with Crippen LogP contribution in [0.5, 0.6) is 0 Å². The van der Waals surface area contributed by atoms with E-state index in [2.05, 4.69) is 15.7 Å². The number of nitrogens with one attached hydrogen (secondary N) is 2. The number of amides is 3. The van der Waals surface area contributed by atoms with Crippen molar-refractivity contribution in [1.29, 1.82) is 0 Å². The van der Waals surface area contributed by atoms with Gasteiger partial charge in [0.1, 0.15) is 29.1 Å². The van der Waals surface area contributed by atoms with Crippen LogP contribution in [0.25, 0.3) is 0 Å². The highest BCUT2D eigenvalue weighted by Crippen LogP contribution is 2.42. The number of benzene rings is 1. The minimum absolute atomic E-state index is 0.00880. The second-order valence-electron chi connectivity index (χ2n) is 11.3. The molecule has 1 aromatic rings. The minimum Gasteiger partial charge on any atom is -0.383 e. The van der Waals surface area contributed by atoms with Gasteiger partial charge in [-0.3, -0.25) is 14.4 Å². The Morgan fingerprint density at radius 3 is 2.58 bits per heavy atom. The van der Waals surface area contributed by atoms with E-state index < -0.39 is 71.2 Å². The highest BCUT2D eigenvalue weighted by Gasteiger charge is 2.61. The fourth-order valence-electron chi connectivity index (χ4n) is 5.06. The van der Waals surface area contributed by atoms with E-state index in [9.17, 15) is 36.3 Å². The number of alkyl halides is 3. The van der Waals surface area contributed by atoms with E-state index in [1.54, 1.807) is 18.2 Å². The lowest BCUT2D eigenvalue weighted by atomic mass is 9.71. The monoisotopic (exact) mass is 612 g/mol. The zero-order valence-electron chi connectivity index (χ0n) is 23.8. The number of fused-ring (bicyclic) bond motifs is 1. The summed E-state index contributed by atoms with van der Waals surface area (Å²) in [5.41, 5.74) is 3.05. The number of ether oxygens (including phenoxy) is 1. The molecule has 1 fully saturated rings. The topological polar surface area (TPSA) is 129 Å². The van der Waals surface area contributed by atoms with Crippen LogP contribution in [0.15, 0.2) is 47.7 Å². The number of piperidine rings is 1. The predicted octanol–water partition coefficient (Wildman–Crippen LogP) is 2.11. The molecule has 3 heterocycles. The van der Waals surface area contributed by atoms with Crippen LogP contribution in [0.1, 0.15) is 32.8 Å². The van der Waals surface area contributed by atoms with Crippen LogP contribution < -0.4 is 16.4 Å². The van der Waals surface area contributed by atoms with Crippen molar-refractivity contribution in [3.05, 3.63) is 59.8 Å². The number of carbonyl (C=O) groups is 3. The third-order valence-corrected chi connectivity index (χ3v) is 7.61. The summed E-state index contributed by atoms with van der Waals surface area (Å²) in [7, 11) is 0. The quantitative estimate of drug-likeness (QED) is 0.367. The number of nitrogens with zero attached hydrogens (tertiary/aromatic N) is 3. The Bertz CT molecular complexity index is 1360. The van der Waals surface area contributed by atoms with Gasteiger partial charge in [0, 0.05) is 31.1 Å². The molecule has 15 heteroatoms. The van der Waals surface area contributed by atoms with Gasteiger partial charge in [-0.25, -0.2) is 13.8 Å². The number of allylic oxidation sites excluding steroid dienone is 2. The average Bonchev–Trinajstić information content (AvgIpc) is 3.24. The Morgan fingerprint density at radius 2 is 1.98 bits per heavy atom. The maximum Gasteiger partial charge on any atom is 0.410 e. The maximum absolute atomic E-state index is 14.1. The van der Waals surface area contributed by atoms with E-state index in [1.165, 1.54) is 31.0 Å². The van der Waals surface area contributed by atoms with Gasteiger partial charge in [0.15, 0.2) is 0 Å². The van der Waals surface area contributed by atoms with Crippen LogP contribution in [0.2, 0.25) is 0 Å². The molecule has 0 aliphatic carbocycles. The standard InChI is InChI=1S/C28H33F5N6O4/c1-16(28(31,32)33)39-25(42)27(21-6-4-5-10-35-21)15-38(11-9-22(27)37-39)23(40)20(36-24(41)26(2,3)34)14-43-13-17-7-8-18(29)12-19(17)30/h4-8,10,12,16,20-21,35H,9,11,13-15,34H2,1-3H3,(H,36,41)/t16-,20?,21?,27+/m1/s1. The largest absolute Gasteiger partial charge is 0.410 e. The van der Waals surface area contributed by atoms with Crippen LogP contribution in [-0.2, 0) is 25.7 Å². The van der Waals surface area contributed by atoms with Gasteiger partial charge >= 0.3 is 6.18 Å². The molecule has 4 rings (SSSR count). The number of dihydropyridines is 1. The van der Waals surface area contributed by atoms with Gasteiger partial charge in [0.05, 0.1) is 30.5 Å². The zero-order chi connectivity index (χ0) is 31.7. The Labute approximate surface area is 244 Å². The van der Waals surface area contributed by atoms with Crippen molar-refractivity contribution in [3.63, 3.8) is 0 Å². The number of hydrazone groups is 1. The molecule has 3 amide bonds. The van der Waals surface area contributed by atoms with Crippen molar-refractivity contribution < 1.29 is 41.1 Å². The summed E-state index contributed by atoms with van der Waals surface area (Å²) in [6.07, 6.45) is 1.67. The lowest BCUT2D eigenvalue weighted by molar-refractivity contribution is -0.187. The van der Waals surface area contributed by atoms with Gasteiger partial charge in [-0.15, -0.1) is 0 Å². The smallest absolute Gasteiger partial charge is 0.383 e. The summed E-state index contributed by atoms with van der Waals surface area (Å²) in [6, 6.07) is -1.49. The van der Waals surface area contributed by atoms with Crippen molar-refractivity contribution in [2.75, 3.05) is 19.7 Å². The molecule has 4 atom stereocenters. The highest BCUT2D eigenvalue weighted by molar-refractivity contribution is 6.14. The molecule has 0 radical (unpaired) electrons. The molecule has 0 bridgehead atoms. The minimum atomic E-state index is -4.74. The molecule has 0 aromatic heterocycles. The summed E-state index contributed by atoms with van der Waals surface area (Å²) < 4.78 is 73.9. The van der Waals surface area contributed by atoms with Gasteiger partial charge < -0.3 is 26.0 Å². The Hall–Kier alpha value is -3.85. The van der Waals surface area contributed by atoms with E-state index in [-0.39, 0.29) is 37.4 Å². The van der Waals surface area contributed by atoms with Crippen LogP contribution in [0, 0.1) is 17.0 Å². The summed E-state index contributed by atoms with van der Waals surface area (Å²) >= 11 is 0. The molecule has 4 N–H and O–H groups in total. The summed E-state index contributed by atoms with van der Waals surface area (Å²) in [6.45, 7) is 2.51. The van der Waals surface area contributed by atoms with Crippen LogP contribution in [0.4, 0.5) is 22.0 Å². The molecule has 1 aromatic carbocycles. The number of rotatable bonds is 9. The molecule has 0 spiro atoms. The third-order valence-electron chi connectivity index (χ3n) is 7.61. The predicted molar refractivity (Wildman–Crippen MR) is 145 cm³/mol. The van der Waals surface area contributed by atoms with Gasteiger partial charge in [-0.1, -0.05) is 18.2 Å². The summed E-state index contributed by atoms with van der Waals surface area (Å²) in [5.74, 6) is -3.97. The number of likely N-dealkylation sites (tertiary alicyclic amines) is 1. The van der Waals surface area contributed by atoms with Crippen LogP contribution in [-0.4, -0.2) is 82.9 Å². The number of nitrogens with two attached hydrogens (primary N) is 1. The van der Waals surface area contributed by atoms with Crippen molar-refractivity contribution in [2.24, 2.45) is 16.3 Å². The number of halogens is 5. The SMILES string of the molecule is C[C@@H](N1N=C2CCN(C(=O)C(COCc3ccc(F)cc3F)NC(=O)C(C)(C)N)C[C@@]2(C2C=CC=CN2)C1=O)C(F)(F)F. The second kappa shape index (κ2) is 12.0. The molecule has 234 valence electrons. The molecule has 2 unspecified atom stereocenters. The molecule has 3 aliphatic rings. The molecule has 43 heavy (non-hydrogen) atoms. The zero-order valence-corrected chi connectivity index (χ0v) is 23.8. The normalized spacial score (nSPS) is 23.4. The number of hydrogen-bond acceptors (Lipinski definition) is 7. The van der Waals surface area contributed by atoms with Crippen molar-refractivity contribution in [2.45, 2.75) is 63.6 Å². The number of carbonyl (C=O) groups excluding carboxylic acids is 3. The first-order chi connectivity index (χ1) is 20.1. The van der Waals surface area contributed by atoms with E-state index in [0.29, 0.717) is 11.1 Å². The van der Waals surface area contributed by atoms with E-state index >= 15 is 0 Å². The lowest BCUT2D eigenvalue weighted by Gasteiger charge is -2.44. The molecular formula is C28H33F5N6O4. The van der Waals surface area contributed by atoms with Crippen molar-refractivity contribution in [3.8, 4) is 0 Å². The van der Waals surface area contributed by atoms with E-state index in [0.717, 1.165) is 13.0 Å². The van der Waals surface area contributed by atoms with Gasteiger partial charge in [0.25, 0.3) is 5.91 Å². The summed E-state index contributed by atoms with van der Waals surface area (Å²) in [5, 5.41) is 10.0. The molecular weight excluding hydrogens is 579 g/mol. The van der Waals surface area contributed by atoms with Gasteiger partial charge in [0.2, 0.25) is 11.8 Å². The first kappa shape index (κ1) is 32.1. The third kappa shape index (κ3) is 6.56. The lowest BCUT2D eigenvalue weighted by Crippen LogP contribution is -2.65. The first-order valence-electron chi connectivity index (χ1n) is 13.5. The van der Waals surface area contributed by atoms with Gasteiger partial charge in [-0.2, -0.15) is 18.3 Å². The van der Waals surface area contributed by atoms with Crippen LogP contribution >= 0.6 is 0 Å². The molecule has 10 nitrogen and oxygen atoms in total. The first-order valence-corrected chi connectivity index (χ1v) is 13.5. The highest BCUT2D eigenvalue weighted by atomic mass is 19.4.